The molecule has 2 aromatic carbocycles. The molecule has 1 N–H and O–H groups in total. The minimum Gasteiger partial charge on any atom is -0.339 e. The number of rotatable bonds is 8. The molecule has 0 fully saturated rings. The summed E-state index contributed by atoms with van der Waals surface area (Å²) in [5.41, 5.74) is 0.289. The molecule has 9 heteroatoms. The Labute approximate surface area is 168 Å². The Kier molecular flexibility index (Phi) is 7.21. The molecular weight excluding hydrogens is 402 g/mol. The van der Waals surface area contributed by atoms with Crippen LogP contribution in [0.3, 0.4) is 0 Å². The third kappa shape index (κ3) is 5.68. The van der Waals surface area contributed by atoms with Gasteiger partial charge < -0.3 is 4.90 Å². The Morgan fingerprint density at radius 3 is 2.48 bits per heavy atom. The summed E-state index contributed by atoms with van der Waals surface area (Å²) in [6.07, 6.45) is -0.177. The predicted molar refractivity (Wildman–Crippen MR) is 104 cm³/mol. The molecule has 1 atom stereocenters. The fourth-order valence-corrected chi connectivity index (χ4v) is 3.77. The normalized spacial score (nSPS) is 12.4. The van der Waals surface area contributed by atoms with Gasteiger partial charge in [-0.2, -0.15) is 0 Å². The zero-order valence-electron chi connectivity index (χ0n) is 16.3. The Morgan fingerprint density at radius 2 is 1.83 bits per heavy atom. The average molecular weight is 424 g/mol. The molecule has 0 aliphatic rings. The number of sulfonamides is 1. The third-order valence-electron chi connectivity index (χ3n) is 4.56. The maximum atomic E-state index is 13.9. The zero-order valence-corrected chi connectivity index (χ0v) is 17.1. The van der Waals surface area contributed by atoms with Gasteiger partial charge in [-0.15, -0.1) is 0 Å². The Balaban J connectivity index is 2.00. The first kappa shape index (κ1) is 22.6. The number of nitrogens with one attached hydrogen (secondary N) is 1. The summed E-state index contributed by atoms with van der Waals surface area (Å²) in [6, 6.07) is 7.83. The van der Waals surface area contributed by atoms with E-state index in [1.807, 2.05) is 0 Å². The quantitative estimate of drug-likeness (QED) is 0.661. The number of carbonyl (C=O) groups excluding carboxylic acids is 2. The molecule has 0 heterocycles. The number of amides is 1. The van der Waals surface area contributed by atoms with E-state index in [4.69, 9.17) is 0 Å². The van der Waals surface area contributed by atoms with E-state index in [9.17, 15) is 26.8 Å². The molecule has 6 nitrogen and oxygen atoms in total. The summed E-state index contributed by atoms with van der Waals surface area (Å²) in [5, 5.41) is 0. The van der Waals surface area contributed by atoms with Crippen LogP contribution in [0.25, 0.3) is 0 Å². The smallest absolute Gasteiger partial charge is 0.240 e. The van der Waals surface area contributed by atoms with E-state index in [2.05, 4.69) is 4.72 Å². The van der Waals surface area contributed by atoms with Crippen molar-refractivity contribution in [3.63, 3.8) is 0 Å². The number of benzene rings is 2. The number of ketones is 1. The lowest BCUT2D eigenvalue weighted by atomic mass is 10.1. The SMILES string of the molecule is CC(=O)c1cccc(S(=O)(=O)NCCC(=O)N(C)C(C)c2cc(F)ccc2F)c1. The first-order valence-electron chi connectivity index (χ1n) is 8.84. The van der Waals surface area contributed by atoms with E-state index < -0.39 is 33.6 Å². The lowest BCUT2D eigenvalue weighted by molar-refractivity contribution is -0.131. The van der Waals surface area contributed by atoms with Crippen LogP contribution in [0, 0.1) is 11.6 Å². The van der Waals surface area contributed by atoms with Crippen molar-refractivity contribution in [1.82, 2.24) is 9.62 Å². The summed E-state index contributed by atoms with van der Waals surface area (Å²) in [7, 11) is -2.47. The van der Waals surface area contributed by atoms with Gasteiger partial charge in [-0.05, 0) is 44.2 Å². The van der Waals surface area contributed by atoms with Gasteiger partial charge in [-0.3, -0.25) is 9.59 Å². The first-order chi connectivity index (χ1) is 13.5. The largest absolute Gasteiger partial charge is 0.339 e. The number of halogens is 2. The molecule has 0 radical (unpaired) electrons. The van der Waals surface area contributed by atoms with Gasteiger partial charge in [0.05, 0.1) is 10.9 Å². The van der Waals surface area contributed by atoms with Crippen LogP contribution in [-0.2, 0) is 14.8 Å². The van der Waals surface area contributed by atoms with E-state index >= 15 is 0 Å². The summed E-state index contributed by atoms with van der Waals surface area (Å²) in [4.78, 5) is 24.9. The van der Waals surface area contributed by atoms with Crippen molar-refractivity contribution in [3.8, 4) is 0 Å². The van der Waals surface area contributed by atoms with Crippen molar-refractivity contribution in [2.75, 3.05) is 13.6 Å². The van der Waals surface area contributed by atoms with Gasteiger partial charge in [-0.25, -0.2) is 21.9 Å². The fraction of sp³-hybridized carbons (Fsp3) is 0.300. The Bertz CT molecular complexity index is 1020. The second-order valence-corrected chi connectivity index (χ2v) is 8.35. The van der Waals surface area contributed by atoms with Crippen LogP contribution >= 0.6 is 0 Å². The molecule has 1 amide bonds. The van der Waals surface area contributed by atoms with Gasteiger partial charge in [0.2, 0.25) is 15.9 Å². The minimum absolute atomic E-state index is 0.0301. The van der Waals surface area contributed by atoms with Crippen molar-refractivity contribution < 1.29 is 26.8 Å². The van der Waals surface area contributed by atoms with Crippen LogP contribution in [0.5, 0.6) is 0 Å². The van der Waals surface area contributed by atoms with Crippen LogP contribution in [0.1, 0.15) is 42.2 Å². The van der Waals surface area contributed by atoms with E-state index in [-0.39, 0.29) is 34.8 Å². The third-order valence-corrected chi connectivity index (χ3v) is 6.02. The number of hydrogen-bond donors (Lipinski definition) is 1. The molecule has 2 rings (SSSR count). The first-order valence-corrected chi connectivity index (χ1v) is 10.3. The molecule has 0 aliphatic carbocycles. The molecule has 156 valence electrons. The second kappa shape index (κ2) is 9.23. The maximum absolute atomic E-state index is 13.9. The lowest BCUT2D eigenvalue weighted by Crippen LogP contribution is -2.34. The second-order valence-electron chi connectivity index (χ2n) is 6.58. The van der Waals surface area contributed by atoms with Crippen LogP contribution in [0.4, 0.5) is 8.78 Å². The Morgan fingerprint density at radius 1 is 1.14 bits per heavy atom. The minimum atomic E-state index is -3.90. The van der Waals surface area contributed by atoms with E-state index in [0.717, 1.165) is 18.2 Å². The van der Waals surface area contributed by atoms with Gasteiger partial charge in [-0.1, -0.05) is 12.1 Å². The Hall–Kier alpha value is -2.65. The van der Waals surface area contributed by atoms with Crippen LogP contribution < -0.4 is 4.72 Å². The molecule has 0 aliphatic heterocycles. The standard InChI is InChI=1S/C20H22F2N2O4S/c1-13(18-12-16(21)7-8-19(18)22)24(3)20(26)9-10-23-29(27,28)17-6-4-5-15(11-17)14(2)25/h4-8,11-13,23H,9-10H2,1-3H3. The average Bonchev–Trinajstić information content (AvgIpc) is 2.68. The number of carbonyl (C=O) groups is 2. The number of nitrogens with zero attached hydrogens (tertiary/aromatic N) is 1. The molecule has 29 heavy (non-hydrogen) atoms. The van der Waals surface area contributed by atoms with Crippen molar-refractivity contribution >= 4 is 21.7 Å². The molecule has 1 unspecified atom stereocenters. The highest BCUT2D eigenvalue weighted by atomic mass is 32.2. The van der Waals surface area contributed by atoms with Gasteiger partial charge in [0.15, 0.2) is 5.78 Å². The van der Waals surface area contributed by atoms with E-state index in [0.29, 0.717) is 0 Å². The van der Waals surface area contributed by atoms with E-state index in [1.54, 1.807) is 6.92 Å². The van der Waals surface area contributed by atoms with Crippen molar-refractivity contribution in [3.05, 3.63) is 65.2 Å². The molecule has 2 aromatic rings. The summed E-state index contributed by atoms with van der Waals surface area (Å²) in [5.74, 6) is -1.96. The highest BCUT2D eigenvalue weighted by molar-refractivity contribution is 7.89. The van der Waals surface area contributed by atoms with Crippen molar-refractivity contribution in [2.24, 2.45) is 0 Å². The van der Waals surface area contributed by atoms with Crippen molar-refractivity contribution in [2.45, 2.75) is 31.2 Å². The van der Waals surface area contributed by atoms with Gasteiger partial charge >= 0.3 is 0 Å². The highest BCUT2D eigenvalue weighted by Gasteiger charge is 2.22. The van der Waals surface area contributed by atoms with E-state index in [1.165, 1.54) is 43.1 Å². The maximum Gasteiger partial charge on any atom is 0.240 e. The summed E-state index contributed by atoms with van der Waals surface area (Å²) < 4.78 is 54.3. The van der Waals surface area contributed by atoms with Gasteiger partial charge in [0.25, 0.3) is 0 Å². The van der Waals surface area contributed by atoms with Crippen molar-refractivity contribution in [1.29, 1.82) is 0 Å². The molecule has 0 bridgehead atoms. The van der Waals surface area contributed by atoms with Crippen LogP contribution in [-0.4, -0.2) is 38.6 Å². The van der Waals surface area contributed by atoms with Crippen LogP contribution in [0.2, 0.25) is 0 Å². The number of hydrogen-bond acceptors (Lipinski definition) is 4. The van der Waals surface area contributed by atoms with Gasteiger partial charge in [0.1, 0.15) is 11.6 Å². The summed E-state index contributed by atoms with van der Waals surface area (Å²) in [6.45, 7) is 2.69. The molecule has 0 spiro atoms. The van der Waals surface area contributed by atoms with Gasteiger partial charge in [0, 0.05) is 31.1 Å². The molecular formula is C20H22F2N2O4S. The summed E-state index contributed by atoms with van der Waals surface area (Å²) >= 11 is 0. The topological polar surface area (TPSA) is 83.5 Å². The number of Topliss-reactive ketones (excluding diaryl/α,β-unsaturated/α-hetero) is 1. The molecule has 0 aromatic heterocycles. The zero-order chi connectivity index (χ0) is 21.8. The van der Waals surface area contributed by atoms with Crippen LogP contribution in [0.15, 0.2) is 47.4 Å². The predicted octanol–water partition coefficient (Wildman–Crippen LogP) is 3.06. The molecule has 0 saturated carbocycles. The monoisotopic (exact) mass is 424 g/mol. The lowest BCUT2D eigenvalue weighted by Gasteiger charge is -2.26. The fourth-order valence-electron chi connectivity index (χ4n) is 2.69. The highest BCUT2D eigenvalue weighted by Crippen LogP contribution is 2.23. The molecule has 0 saturated heterocycles.